The van der Waals surface area contributed by atoms with Crippen LogP contribution in [0.15, 0.2) is 11.6 Å². The zero-order valence-corrected chi connectivity index (χ0v) is 15.2. The predicted octanol–water partition coefficient (Wildman–Crippen LogP) is 3.62. The quantitative estimate of drug-likeness (QED) is 0.701. The summed E-state index contributed by atoms with van der Waals surface area (Å²) in [5.74, 6) is 0.264. The highest BCUT2D eigenvalue weighted by Crippen LogP contribution is 2.38. The standard InChI is InChI=1S/C16H31NO2Si/c1-8-17(9-2)12-13-10-14(11-15(13)18)19-20(6,7)16(3,4)5/h10,14H,8-9,11-12H2,1-7H3. The van der Waals surface area contributed by atoms with Gasteiger partial charge in [0.05, 0.1) is 6.10 Å². The number of nitrogens with zero attached hydrogens (tertiary/aromatic N) is 1. The molecular weight excluding hydrogens is 266 g/mol. The van der Waals surface area contributed by atoms with Crippen LogP contribution >= 0.6 is 0 Å². The minimum Gasteiger partial charge on any atom is -0.410 e. The van der Waals surface area contributed by atoms with Crippen molar-refractivity contribution in [1.82, 2.24) is 4.90 Å². The molecule has 0 spiro atoms. The Morgan fingerprint density at radius 2 is 1.85 bits per heavy atom. The summed E-state index contributed by atoms with van der Waals surface area (Å²) in [6.07, 6.45) is 2.60. The molecular formula is C16H31NO2Si. The molecule has 0 saturated heterocycles. The van der Waals surface area contributed by atoms with Gasteiger partial charge in [0.2, 0.25) is 0 Å². The van der Waals surface area contributed by atoms with Crippen LogP contribution in [0.25, 0.3) is 0 Å². The Kier molecular flexibility index (Phi) is 5.76. The van der Waals surface area contributed by atoms with E-state index in [1.54, 1.807) is 0 Å². The molecule has 0 aromatic rings. The van der Waals surface area contributed by atoms with E-state index in [0.29, 0.717) is 6.42 Å². The summed E-state index contributed by atoms with van der Waals surface area (Å²) >= 11 is 0. The third-order valence-corrected chi connectivity index (χ3v) is 9.18. The zero-order chi connectivity index (χ0) is 15.6. The lowest BCUT2D eigenvalue weighted by molar-refractivity contribution is -0.116. The van der Waals surface area contributed by atoms with Crippen LogP contribution in [0, 0.1) is 0 Å². The Labute approximate surface area is 125 Å². The fraction of sp³-hybridized carbons (Fsp3) is 0.812. The van der Waals surface area contributed by atoms with Crippen molar-refractivity contribution in [2.75, 3.05) is 19.6 Å². The molecule has 0 aromatic heterocycles. The van der Waals surface area contributed by atoms with E-state index in [1.807, 2.05) is 0 Å². The van der Waals surface area contributed by atoms with Gasteiger partial charge in [0.15, 0.2) is 14.1 Å². The summed E-state index contributed by atoms with van der Waals surface area (Å²) in [4.78, 5) is 14.4. The average Bonchev–Trinajstić information content (AvgIpc) is 2.64. The Morgan fingerprint density at radius 1 is 1.30 bits per heavy atom. The summed E-state index contributed by atoms with van der Waals surface area (Å²) < 4.78 is 6.34. The van der Waals surface area contributed by atoms with Crippen molar-refractivity contribution < 1.29 is 9.22 Å². The molecule has 0 aromatic carbocycles. The number of rotatable bonds is 6. The number of Topliss-reactive ketones (excluding diaryl/α,β-unsaturated/α-hetero) is 1. The molecule has 0 saturated carbocycles. The molecule has 0 amide bonds. The summed E-state index contributed by atoms with van der Waals surface area (Å²) in [6.45, 7) is 18.2. The minimum absolute atomic E-state index is 0.00560. The molecule has 1 aliphatic rings. The maximum Gasteiger partial charge on any atom is 0.192 e. The SMILES string of the molecule is CCN(CC)CC1=CC(O[Si](C)(C)C(C)(C)C)CC1=O. The van der Waals surface area contributed by atoms with Crippen LogP contribution in [0.2, 0.25) is 18.1 Å². The lowest BCUT2D eigenvalue weighted by Crippen LogP contribution is -2.43. The second-order valence-electron chi connectivity index (χ2n) is 7.20. The van der Waals surface area contributed by atoms with Gasteiger partial charge in [-0.25, -0.2) is 0 Å². The predicted molar refractivity (Wildman–Crippen MR) is 87.6 cm³/mol. The summed E-state index contributed by atoms with van der Waals surface area (Å²) in [5.41, 5.74) is 0.942. The Bertz CT molecular complexity index is 378. The van der Waals surface area contributed by atoms with Crippen LogP contribution < -0.4 is 0 Å². The van der Waals surface area contributed by atoms with Crippen molar-refractivity contribution in [2.45, 2.75) is 65.3 Å². The Balaban J connectivity index is 2.72. The van der Waals surface area contributed by atoms with Gasteiger partial charge in [-0.1, -0.05) is 34.6 Å². The van der Waals surface area contributed by atoms with Crippen molar-refractivity contribution >= 4 is 14.1 Å². The second kappa shape index (κ2) is 6.54. The molecule has 0 aliphatic heterocycles. The number of ketones is 1. The molecule has 1 atom stereocenters. The van der Waals surface area contributed by atoms with Crippen molar-refractivity contribution in [1.29, 1.82) is 0 Å². The van der Waals surface area contributed by atoms with Gasteiger partial charge in [-0.15, -0.1) is 0 Å². The van der Waals surface area contributed by atoms with Crippen LogP contribution in [-0.4, -0.2) is 44.7 Å². The van der Waals surface area contributed by atoms with Gasteiger partial charge in [-0.05, 0) is 37.3 Å². The van der Waals surface area contributed by atoms with Crippen molar-refractivity contribution in [3.8, 4) is 0 Å². The maximum atomic E-state index is 12.1. The van der Waals surface area contributed by atoms with E-state index in [0.717, 1.165) is 25.2 Å². The highest BCUT2D eigenvalue weighted by Gasteiger charge is 2.40. The smallest absolute Gasteiger partial charge is 0.192 e. The molecule has 20 heavy (non-hydrogen) atoms. The van der Waals surface area contributed by atoms with Gasteiger partial charge in [0.25, 0.3) is 0 Å². The number of carbonyl (C=O) groups is 1. The van der Waals surface area contributed by atoms with Crippen LogP contribution in [0.5, 0.6) is 0 Å². The van der Waals surface area contributed by atoms with Gasteiger partial charge >= 0.3 is 0 Å². The minimum atomic E-state index is -1.80. The lowest BCUT2D eigenvalue weighted by Gasteiger charge is -2.37. The molecule has 3 nitrogen and oxygen atoms in total. The zero-order valence-electron chi connectivity index (χ0n) is 14.2. The molecule has 0 heterocycles. The van der Waals surface area contributed by atoms with Gasteiger partial charge in [0.1, 0.15) is 0 Å². The molecule has 0 fully saturated rings. The number of hydrogen-bond acceptors (Lipinski definition) is 3. The topological polar surface area (TPSA) is 29.5 Å². The van der Waals surface area contributed by atoms with E-state index >= 15 is 0 Å². The lowest BCUT2D eigenvalue weighted by atomic mass is 10.2. The molecule has 116 valence electrons. The van der Waals surface area contributed by atoms with E-state index in [1.165, 1.54) is 0 Å². The van der Waals surface area contributed by atoms with E-state index in [4.69, 9.17) is 4.43 Å². The van der Waals surface area contributed by atoms with E-state index in [9.17, 15) is 4.79 Å². The molecule has 1 aliphatic carbocycles. The molecule has 1 rings (SSSR count). The van der Waals surface area contributed by atoms with Crippen LogP contribution in [0.3, 0.4) is 0 Å². The van der Waals surface area contributed by atoms with Gasteiger partial charge in [0, 0.05) is 18.5 Å². The van der Waals surface area contributed by atoms with E-state index in [2.05, 4.69) is 58.7 Å². The van der Waals surface area contributed by atoms with Crippen molar-refractivity contribution in [3.05, 3.63) is 11.6 Å². The number of hydrogen-bond donors (Lipinski definition) is 0. The Morgan fingerprint density at radius 3 is 2.30 bits per heavy atom. The monoisotopic (exact) mass is 297 g/mol. The van der Waals surface area contributed by atoms with E-state index < -0.39 is 8.32 Å². The third kappa shape index (κ3) is 4.27. The molecule has 0 bridgehead atoms. The first-order valence-electron chi connectivity index (χ1n) is 7.74. The van der Waals surface area contributed by atoms with Gasteiger partial charge in [-0.2, -0.15) is 0 Å². The fourth-order valence-electron chi connectivity index (χ4n) is 2.15. The molecule has 4 heteroatoms. The van der Waals surface area contributed by atoms with E-state index in [-0.39, 0.29) is 16.9 Å². The summed E-state index contributed by atoms with van der Waals surface area (Å²) in [6, 6.07) is 0. The highest BCUT2D eigenvalue weighted by atomic mass is 28.4. The molecule has 0 N–H and O–H groups in total. The molecule has 1 unspecified atom stereocenters. The fourth-order valence-corrected chi connectivity index (χ4v) is 3.41. The first-order chi connectivity index (χ1) is 9.10. The largest absolute Gasteiger partial charge is 0.410 e. The van der Waals surface area contributed by atoms with Crippen molar-refractivity contribution in [3.63, 3.8) is 0 Å². The van der Waals surface area contributed by atoms with Crippen LogP contribution in [-0.2, 0) is 9.22 Å². The van der Waals surface area contributed by atoms with Gasteiger partial charge in [-0.3, -0.25) is 9.69 Å². The highest BCUT2D eigenvalue weighted by molar-refractivity contribution is 6.74. The third-order valence-electron chi connectivity index (χ3n) is 4.67. The first kappa shape index (κ1) is 17.6. The summed E-state index contributed by atoms with van der Waals surface area (Å²) in [7, 11) is -1.80. The van der Waals surface area contributed by atoms with Gasteiger partial charge < -0.3 is 4.43 Å². The number of likely N-dealkylation sites (N-methyl/N-ethyl adjacent to an activating group) is 1. The average molecular weight is 298 g/mol. The maximum absolute atomic E-state index is 12.1. The van der Waals surface area contributed by atoms with Crippen LogP contribution in [0.4, 0.5) is 0 Å². The number of carbonyl (C=O) groups excluding carboxylic acids is 1. The second-order valence-corrected chi connectivity index (χ2v) is 12.0. The van der Waals surface area contributed by atoms with Crippen LogP contribution in [0.1, 0.15) is 41.0 Å². The Hall–Kier alpha value is -0.453. The first-order valence-corrected chi connectivity index (χ1v) is 10.7. The van der Waals surface area contributed by atoms with Crippen molar-refractivity contribution in [2.24, 2.45) is 0 Å². The summed E-state index contributed by atoms with van der Waals surface area (Å²) in [5, 5.41) is 0.186. The molecule has 0 radical (unpaired) electrons. The normalized spacial score (nSPS) is 20.7.